The Morgan fingerprint density at radius 2 is 2.05 bits per heavy atom. The summed E-state index contributed by atoms with van der Waals surface area (Å²) in [4.78, 5) is 2.32. The van der Waals surface area contributed by atoms with Gasteiger partial charge in [0.15, 0.2) is 5.03 Å². The molecule has 1 fully saturated rings. The van der Waals surface area contributed by atoms with Gasteiger partial charge in [0, 0.05) is 19.2 Å². The molecule has 1 aromatic heterocycles. The molecule has 0 aliphatic carbocycles. The molecule has 2 rings (SSSR count). The topological polar surface area (TPSA) is 76.5 Å². The van der Waals surface area contributed by atoms with Crippen LogP contribution in [0.5, 0.6) is 0 Å². The predicted molar refractivity (Wildman–Crippen MR) is 79.3 cm³/mol. The van der Waals surface area contributed by atoms with Crippen LogP contribution in [0.25, 0.3) is 0 Å². The van der Waals surface area contributed by atoms with E-state index >= 15 is 0 Å². The summed E-state index contributed by atoms with van der Waals surface area (Å²) in [7, 11) is -2.09. The minimum absolute atomic E-state index is 0.110. The van der Waals surface area contributed by atoms with Crippen molar-refractivity contribution in [3.8, 4) is 0 Å². The average molecular weight is 316 g/mol. The van der Waals surface area contributed by atoms with Crippen molar-refractivity contribution in [2.45, 2.75) is 44.0 Å². The van der Waals surface area contributed by atoms with E-state index in [4.69, 9.17) is 4.74 Å². The van der Waals surface area contributed by atoms with Crippen molar-refractivity contribution in [3.05, 3.63) is 12.3 Å². The maximum Gasteiger partial charge on any atom is 0.257 e. The highest BCUT2D eigenvalue weighted by atomic mass is 32.2. The standard InChI is InChI=1S/C13H24N4O3S/c1-13(2,16-8-4-5-9-16)10-15-21(18,19)12-6-7-14-17(12)11-20-3/h6-7,15H,4-5,8-11H2,1-3H3. The summed E-state index contributed by atoms with van der Waals surface area (Å²) < 4.78 is 33.8. The molecule has 0 saturated carbocycles. The number of nitrogens with zero attached hydrogens (tertiary/aromatic N) is 3. The Hall–Kier alpha value is -0.960. The van der Waals surface area contributed by atoms with E-state index in [1.165, 1.54) is 36.9 Å². The number of ether oxygens (including phenoxy) is 1. The van der Waals surface area contributed by atoms with E-state index in [0.29, 0.717) is 6.54 Å². The molecule has 7 nitrogen and oxygen atoms in total. The molecule has 120 valence electrons. The lowest BCUT2D eigenvalue weighted by Gasteiger charge is -2.35. The van der Waals surface area contributed by atoms with Gasteiger partial charge in [-0.3, -0.25) is 4.90 Å². The van der Waals surface area contributed by atoms with Crippen molar-refractivity contribution in [2.24, 2.45) is 0 Å². The van der Waals surface area contributed by atoms with Gasteiger partial charge in [0.25, 0.3) is 10.0 Å². The number of hydrogen-bond donors (Lipinski definition) is 1. The van der Waals surface area contributed by atoms with Crippen LogP contribution in [-0.4, -0.2) is 55.4 Å². The lowest BCUT2D eigenvalue weighted by molar-refractivity contribution is 0.112. The predicted octanol–water partition coefficient (Wildman–Crippen LogP) is 0.640. The quantitative estimate of drug-likeness (QED) is 0.799. The summed E-state index contributed by atoms with van der Waals surface area (Å²) >= 11 is 0. The second kappa shape index (κ2) is 6.43. The Kier molecular flexibility index (Phi) is 5.03. The number of sulfonamides is 1. The van der Waals surface area contributed by atoms with Gasteiger partial charge in [-0.1, -0.05) is 0 Å². The van der Waals surface area contributed by atoms with Crippen LogP contribution in [0.2, 0.25) is 0 Å². The molecule has 21 heavy (non-hydrogen) atoms. The van der Waals surface area contributed by atoms with Gasteiger partial charge in [-0.25, -0.2) is 17.8 Å². The minimum atomic E-state index is -3.59. The molecular weight excluding hydrogens is 292 g/mol. The van der Waals surface area contributed by atoms with E-state index in [1.54, 1.807) is 0 Å². The Morgan fingerprint density at radius 1 is 1.38 bits per heavy atom. The number of methoxy groups -OCH3 is 1. The van der Waals surface area contributed by atoms with E-state index in [0.717, 1.165) is 13.1 Å². The Bertz CT molecular complexity index is 562. The fourth-order valence-corrected chi connectivity index (χ4v) is 3.86. The zero-order valence-electron chi connectivity index (χ0n) is 12.9. The van der Waals surface area contributed by atoms with Gasteiger partial charge in [0.05, 0.1) is 6.20 Å². The number of hydrogen-bond acceptors (Lipinski definition) is 5. The molecule has 0 aromatic carbocycles. The highest BCUT2D eigenvalue weighted by Crippen LogP contribution is 2.21. The summed E-state index contributed by atoms with van der Waals surface area (Å²) in [6.07, 6.45) is 3.81. The number of nitrogens with one attached hydrogen (secondary N) is 1. The molecule has 0 bridgehead atoms. The number of likely N-dealkylation sites (tertiary alicyclic amines) is 1. The molecule has 8 heteroatoms. The molecule has 0 spiro atoms. The number of aromatic nitrogens is 2. The van der Waals surface area contributed by atoms with Gasteiger partial charge in [0.2, 0.25) is 0 Å². The lowest BCUT2D eigenvalue weighted by atomic mass is 10.0. The van der Waals surface area contributed by atoms with Gasteiger partial charge in [0.1, 0.15) is 6.73 Å². The Morgan fingerprint density at radius 3 is 2.67 bits per heavy atom. The van der Waals surface area contributed by atoms with Gasteiger partial charge in [-0.2, -0.15) is 5.10 Å². The minimum Gasteiger partial charge on any atom is -0.362 e. The van der Waals surface area contributed by atoms with Crippen LogP contribution in [0, 0.1) is 0 Å². The molecule has 1 aliphatic heterocycles. The summed E-state index contributed by atoms with van der Waals surface area (Å²) in [6, 6.07) is 1.48. The van der Waals surface area contributed by atoms with E-state index < -0.39 is 10.0 Å². The largest absolute Gasteiger partial charge is 0.362 e. The first-order chi connectivity index (χ1) is 9.87. The zero-order chi connectivity index (χ0) is 15.5. The van der Waals surface area contributed by atoms with Crippen molar-refractivity contribution >= 4 is 10.0 Å². The first-order valence-corrected chi connectivity index (χ1v) is 8.60. The fourth-order valence-electron chi connectivity index (χ4n) is 2.55. The SMILES string of the molecule is COCn1nccc1S(=O)(=O)NCC(C)(C)N1CCCC1. The molecule has 2 heterocycles. The first kappa shape index (κ1) is 16.4. The van der Waals surface area contributed by atoms with Crippen LogP contribution in [0.15, 0.2) is 17.3 Å². The third-order valence-corrected chi connectivity index (χ3v) is 5.28. The van der Waals surface area contributed by atoms with Crippen LogP contribution < -0.4 is 4.72 Å². The summed E-state index contributed by atoms with van der Waals surface area (Å²) in [6.45, 7) is 6.65. The normalized spacial score (nSPS) is 17.5. The monoisotopic (exact) mass is 316 g/mol. The lowest BCUT2D eigenvalue weighted by Crippen LogP contribution is -2.50. The summed E-state index contributed by atoms with van der Waals surface area (Å²) in [5, 5.41) is 4.08. The van der Waals surface area contributed by atoms with Crippen LogP contribution >= 0.6 is 0 Å². The molecule has 1 aliphatic rings. The zero-order valence-corrected chi connectivity index (χ0v) is 13.7. The van der Waals surface area contributed by atoms with Crippen LogP contribution in [0.3, 0.4) is 0 Å². The molecule has 0 radical (unpaired) electrons. The summed E-state index contributed by atoms with van der Waals surface area (Å²) in [5.41, 5.74) is -0.199. The van der Waals surface area contributed by atoms with Crippen molar-refractivity contribution < 1.29 is 13.2 Å². The molecule has 1 saturated heterocycles. The van der Waals surface area contributed by atoms with E-state index in [9.17, 15) is 8.42 Å². The Balaban J connectivity index is 2.05. The second-order valence-electron chi connectivity index (χ2n) is 5.92. The molecule has 0 amide bonds. The maximum atomic E-state index is 12.4. The third-order valence-electron chi connectivity index (χ3n) is 3.86. The summed E-state index contributed by atoms with van der Waals surface area (Å²) in [5.74, 6) is 0. The van der Waals surface area contributed by atoms with Gasteiger partial charge in [-0.05, 0) is 45.8 Å². The molecule has 0 atom stereocenters. The van der Waals surface area contributed by atoms with Crippen LogP contribution in [-0.2, 0) is 21.5 Å². The van der Waals surface area contributed by atoms with E-state index in [2.05, 4.69) is 28.6 Å². The maximum absolute atomic E-state index is 12.4. The molecule has 1 aromatic rings. The number of rotatable bonds is 7. The van der Waals surface area contributed by atoms with Gasteiger partial charge >= 0.3 is 0 Å². The van der Waals surface area contributed by atoms with Gasteiger partial charge < -0.3 is 4.74 Å². The van der Waals surface area contributed by atoms with Crippen molar-refractivity contribution in [1.29, 1.82) is 0 Å². The fraction of sp³-hybridized carbons (Fsp3) is 0.769. The molecular formula is C13H24N4O3S. The average Bonchev–Trinajstić information content (AvgIpc) is 3.08. The molecule has 0 unspecified atom stereocenters. The third kappa shape index (κ3) is 3.82. The van der Waals surface area contributed by atoms with Crippen molar-refractivity contribution in [2.75, 3.05) is 26.7 Å². The van der Waals surface area contributed by atoms with E-state index in [1.807, 2.05) is 0 Å². The highest BCUT2D eigenvalue weighted by molar-refractivity contribution is 7.89. The van der Waals surface area contributed by atoms with Crippen molar-refractivity contribution in [3.63, 3.8) is 0 Å². The van der Waals surface area contributed by atoms with Gasteiger partial charge in [-0.15, -0.1) is 0 Å². The smallest absolute Gasteiger partial charge is 0.257 e. The second-order valence-corrected chi connectivity index (χ2v) is 7.63. The van der Waals surface area contributed by atoms with E-state index in [-0.39, 0.29) is 17.3 Å². The molecule has 1 N–H and O–H groups in total. The Labute approximate surface area is 126 Å². The van der Waals surface area contributed by atoms with Crippen LogP contribution in [0.1, 0.15) is 26.7 Å². The van der Waals surface area contributed by atoms with Crippen LogP contribution in [0.4, 0.5) is 0 Å². The van der Waals surface area contributed by atoms with Crippen molar-refractivity contribution in [1.82, 2.24) is 19.4 Å². The first-order valence-electron chi connectivity index (χ1n) is 7.12. The highest BCUT2D eigenvalue weighted by Gasteiger charge is 2.31.